The molecule has 5 nitrogen and oxygen atoms in total. The molecule has 5 heteroatoms. The molecule has 0 aliphatic heterocycles. The third-order valence-corrected chi connectivity index (χ3v) is 2.58. The average molecular weight is 227 g/mol. The minimum atomic E-state index is -0.497. The van der Waals surface area contributed by atoms with Gasteiger partial charge in [0.25, 0.3) is 0 Å². The third kappa shape index (κ3) is 4.28. The highest BCUT2D eigenvalue weighted by Crippen LogP contribution is 2.12. The summed E-state index contributed by atoms with van der Waals surface area (Å²) in [6, 6.07) is 0. The lowest BCUT2D eigenvalue weighted by Gasteiger charge is -2.01. The Bertz CT molecular complexity index is 289. The van der Waals surface area contributed by atoms with Crippen molar-refractivity contribution < 1.29 is 10.2 Å². The van der Waals surface area contributed by atoms with Crippen LogP contribution in [0.4, 0.5) is 0 Å². The average Bonchev–Trinajstić information content (AvgIpc) is 2.76. The maximum Gasteiger partial charge on any atom is 0.111 e. The van der Waals surface area contributed by atoms with Crippen molar-refractivity contribution in [3.05, 3.63) is 11.9 Å². The fraction of sp³-hybridized carbons (Fsp3) is 0.818. The Morgan fingerprint density at radius 1 is 1.31 bits per heavy atom. The highest BCUT2D eigenvalue weighted by atomic mass is 16.3. The molecule has 0 saturated heterocycles. The number of rotatable bonds is 8. The Morgan fingerprint density at radius 3 is 2.75 bits per heavy atom. The molecule has 0 bridgehead atoms. The number of hydrogen-bond donors (Lipinski definition) is 2. The van der Waals surface area contributed by atoms with E-state index >= 15 is 0 Å². The molecule has 1 rings (SSSR count). The van der Waals surface area contributed by atoms with Gasteiger partial charge in [-0.25, -0.2) is 0 Å². The van der Waals surface area contributed by atoms with Crippen LogP contribution < -0.4 is 0 Å². The molecule has 1 aromatic rings. The minimum absolute atomic E-state index is 0.274. The second kappa shape index (κ2) is 7.35. The quantitative estimate of drug-likeness (QED) is 0.656. The normalized spacial score (nSPS) is 12.9. The molecule has 1 atom stereocenters. The maximum atomic E-state index is 9.54. The maximum absolute atomic E-state index is 9.54. The smallest absolute Gasteiger partial charge is 0.111 e. The van der Waals surface area contributed by atoms with Crippen LogP contribution in [0.25, 0.3) is 0 Å². The van der Waals surface area contributed by atoms with Crippen molar-refractivity contribution in [3.63, 3.8) is 0 Å². The van der Waals surface area contributed by atoms with E-state index in [9.17, 15) is 5.11 Å². The van der Waals surface area contributed by atoms with Crippen LogP contribution in [0, 0.1) is 0 Å². The summed E-state index contributed by atoms with van der Waals surface area (Å²) >= 11 is 0. The molecule has 1 aromatic heterocycles. The molecule has 0 fully saturated rings. The van der Waals surface area contributed by atoms with Crippen molar-refractivity contribution >= 4 is 0 Å². The van der Waals surface area contributed by atoms with Crippen molar-refractivity contribution in [3.8, 4) is 0 Å². The summed E-state index contributed by atoms with van der Waals surface area (Å²) in [5.74, 6) is 0. The summed E-state index contributed by atoms with van der Waals surface area (Å²) in [6.07, 6.45) is 6.02. The molecule has 0 saturated carbocycles. The summed E-state index contributed by atoms with van der Waals surface area (Å²) in [7, 11) is 0. The number of unbranched alkanes of at least 4 members (excludes halogenated alkanes) is 3. The van der Waals surface area contributed by atoms with Gasteiger partial charge in [-0.1, -0.05) is 25.0 Å². The highest BCUT2D eigenvalue weighted by Gasteiger charge is 2.08. The molecular formula is C11H21N3O2. The van der Waals surface area contributed by atoms with E-state index in [0.29, 0.717) is 12.1 Å². The molecule has 0 radical (unpaired) electrons. The van der Waals surface area contributed by atoms with Gasteiger partial charge in [0, 0.05) is 13.2 Å². The number of hydrogen-bond acceptors (Lipinski definition) is 4. The van der Waals surface area contributed by atoms with E-state index in [1.807, 2.05) is 6.92 Å². The van der Waals surface area contributed by atoms with Crippen LogP contribution in [-0.2, 0) is 6.54 Å². The zero-order valence-corrected chi connectivity index (χ0v) is 9.84. The van der Waals surface area contributed by atoms with Crippen molar-refractivity contribution in [2.75, 3.05) is 6.61 Å². The second-order valence-electron chi connectivity index (χ2n) is 3.97. The number of aryl methyl sites for hydroxylation is 1. The zero-order chi connectivity index (χ0) is 11.8. The Hall–Kier alpha value is -0.940. The van der Waals surface area contributed by atoms with E-state index in [0.717, 1.165) is 32.2 Å². The first-order chi connectivity index (χ1) is 7.77. The topological polar surface area (TPSA) is 71.2 Å². The first-order valence-corrected chi connectivity index (χ1v) is 5.97. The molecule has 1 unspecified atom stereocenters. The predicted octanol–water partition coefficient (Wildman–Crippen LogP) is 1.27. The number of aliphatic hydroxyl groups is 2. The summed E-state index contributed by atoms with van der Waals surface area (Å²) in [5, 5.41) is 26.0. The van der Waals surface area contributed by atoms with Crippen LogP contribution >= 0.6 is 0 Å². The van der Waals surface area contributed by atoms with Crippen LogP contribution in [-0.4, -0.2) is 31.8 Å². The van der Waals surface area contributed by atoms with Crippen molar-refractivity contribution in [1.82, 2.24) is 15.0 Å². The monoisotopic (exact) mass is 227 g/mol. The van der Waals surface area contributed by atoms with Crippen molar-refractivity contribution in [1.29, 1.82) is 0 Å². The lowest BCUT2D eigenvalue weighted by molar-refractivity contribution is 0.168. The molecule has 0 spiro atoms. The Labute approximate surface area is 96.1 Å². The summed E-state index contributed by atoms with van der Waals surface area (Å²) < 4.78 is 1.77. The van der Waals surface area contributed by atoms with Crippen LogP contribution in [0.5, 0.6) is 0 Å². The van der Waals surface area contributed by atoms with Crippen LogP contribution in [0.15, 0.2) is 6.20 Å². The van der Waals surface area contributed by atoms with Gasteiger partial charge in [0.05, 0.1) is 12.3 Å². The van der Waals surface area contributed by atoms with E-state index in [2.05, 4.69) is 10.3 Å². The van der Waals surface area contributed by atoms with Gasteiger partial charge in [-0.2, -0.15) is 0 Å². The number of aromatic nitrogens is 3. The van der Waals surface area contributed by atoms with Gasteiger partial charge in [0.2, 0.25) is 0 Å². The summed E-state index contributed by atoms with van der Waals surface area (Å²) in [6.45, 7) is 3.02. The molecule has 1 heterocycles. The van der Waals surface area contributed by atoms with Gasteiger partial charge in [0.1, 0.15) is 5.69 Å². The van der Waals surface area contributed by atoms with Crippen LogP contribution in [0.2, 0.25) is 0 Å². The van der Waals surface area contributed by atoms with E-state index in [-0.39, 0.29) is 6.61 Å². The van der Waals surface area contributed by atoms with E-state index in [1.165, 1.54) is 0 Å². The van der Waals surface area contributed by atoms with Crippen molar-refractivity contribution in [2.45, 2.75) is 51.7 Å². The molecule has 0 aromatic carbocycles. The van der Waals surface area contributed by atoms with E-state index in [1.54, 1.807) is 10.9 Å². The standard InChI is InChI=1S/C11H21N3O2/c1-2-11(16)10-9-14(13-12-10)7-5-3-4-6-8-15/h9,11,15-16H,2-8H2,1H3. The lowest BCUT2D eigenvalue weighted by Crippen LogP contribution is -1.99. The van der Waals surface area contributed by atoms with Gasteiger partial charge in [-0.3, -0.25) is 4.68 Å². The van der Waals surface area contributed by atoms with E-state index < -0.39 is 6.10 Å². The Kier molecular flexibility index (Phi) is 6.03. The second-order valence-corrected chi connectivity index (χ2v) is 3.97. The molecular weight excluding hydrogens is 206 g/mol. The van der Waals surface area contributed by atoms with Gasteiger partial charge < -0.3 is 10.2 Å². The van der Waals surface area contributed by atoms with E-state index in [4.69, 9.17) is 5.11 Å². The van der Waals surface area contributed by atoms with Crippen molar-refractivity contribution in [2.24, 2.45) is 0 Å². The largest absolute Gasteiger partial charge is 0.396 e. The Morgan fingerprint density at radius 2 is 2.06 bits per heavy atom. The first kappa shape index (κ1) is 13.1. The first-order valence-electron chi connectivity index (χ1n) is 5.97. The van der Waals surface area contributed by atoms with Gasteiger partial charge in [-0.15, -0.1) is 5.10 Å². The van der Waals surface area contributed by atoms with Gasteiger partial charge in [0.15, 0.2) is 0 Å². The highest BCUT2D eigenvalue weighted by molar-refractivity contribution is 4.96. The number of aliphatic hydroxyl groups excluding tert-OH is 2. The van der Waals surface area contributed by atoms with Gasteiger partial charge in [-0.05, 0) is 19.3 Å². The summed E-state index contributed by atoms with van der Waals surface area (Å²) in [5.41, 5.74) is 0.651. The Balaban J connectivity index is 2.24. The van der Waals surface area contributed by atoms with Crippen LogP contribution in [0.3, 0.4) is 0 Å². The molecule has 0 aliphatic rings. The number of nitrogens with zero attached hydrogens (tertiary/aromatic N) is 3. The van der Waals surface area contributed by atoms with Gasteiger partial charge >= 0.3 is 0 Å². The molecule has 92 valence electrons. The van der Waals surface area contributed by atoms with Crippen LogP contribution in [0.1, 0.15) is 50.8 Å². The SMILES string of the molecule is CCC(O)c1cn(CCCCCCO)nn1. The fourth-order valence-electron chi connectivity index (χ4n) is 1.52. The molecule has 0 amide bonds. The molecule has 0 aliphatic carbocycles. The molecule has 2 N–H and O–H groups in total. The fourth-order valence-corrected chi connectivity index (χ4v) is 1.52. The zero-order valence-electron chi connectivity index (χ0n) is 9.84. The molecule has 16 heavy (non-hydrogen) atoms. The third-order valence-electron chi connectivity index (χ3n) is 2.58. The summed E-state index contributed by atoms with van der Waals surface area (Å²) in [4.78, 5) is 0. The lowest BCUT2D eigenvalue weighted by atomic mass is 10.2. The minimum Gasteiger partial charge on any atom is -0.396 e. The predicted molar refractivity (Wildman–Crippen MR) is 60.8 cm³/mol.